The van der Waals surface area contributed by atoms with Crippen LogP contribution in [0.1, 0.15) is 46.5 Å². The van der Waals surface area contributed by atoms with E-state index in [0.29, 0.717) is 5.54 Å². The van der Waals surface area contributed by atoms with Gasteiger partial charge in [0, 0.05) is 5.54 Å². The van der Waals surface area contributed by atoms with E-state index >= 15 is 0 Å². The van der Waals surface area contributed by atoms with E-state index < -0.39 is 0 Å². The molecule has 0 aromatic rings. The first-order valence-corrected chi connectivity index (χ1v) is 6.16. The van der Waals surface area contributed by atoms with Crippen molar-refractivity contribution in [3.8, 4) is 0 Å². The molecule has 1 fully saturated rings. The summed E-state index contributed by atoms with van der Waals surface area (Å²) in [6, 6.07) is 0. The van der Waals surface area contributed by atoms with Crippen molar-refractivity contribution in [1.82, 2.24) is 10.6 Å². The van der Waals surface area contributed by atoms with E-state index in [-0.39, 0.29) is 0 Å². The lowest BCUT2D eigenvalue weighted by Gasteiger charge is -2.32. The van der Waals surface area contributed by atoms with Gasteiger partial charge in [-0.3, -0.25) is 0 Å². The van der Waals surface area contributed by atoms with Crippen LogP contribution < -0.4 is 10.6 Å². The SMILES string of the molecule is CCC(C)(CC)NCC1CCNCC1. The largest absolute Gasteiger partial charge is 0.317 e. The standard InChI is InChI=1S/C12H26N2/c1-4-12(3,5-2)14-10-11-6-8-13-9-7-11/h11,13-14H,4-10H2,1-3H3. The first-order valence-electron chi connectivity index (χ1n) is 6.16. The Morgan fingerprint density at radius 1 is 1.21 bits per heavy atom. The summed E-state index contributed by atoms with van der Waals surface area (Å²) >= 11 is 0. The summed E-state index contributed by atoms with van der Waals surface area (Å²) in [6.45, 7) is 10.5. The third-order valence-electron chi connectivity index (χ3n) is 3.84. The van der Waals surface area contributed by atoms with Crippen molar-refractivity contribution in [2.75, 3.05) is 19.6 Å². The second-order valence-electron chi connectivity index (χ2n) is 4.84. The summed E-state index contributed by atoms with van der Waals surface area (Å²) in [7, 11) is 0. The van der Waals surface area contributed by atoms with Crippen LogP contribution in [0.3, 0.4) is 0 Å². The van der Waals surface area contributed by atoms with E-state index in [0.717, 1.165) is 5.92 Å². The zero-order chi connectivity index (χ0) is 10.4. The van der Waals surface area contributed by atoms with Crippen LogP contribution in [-0.2, 0) is 0 Å². The molecule has 0 amide bonds. The maximum absolute atomic E-state index is 3.74. The first kappa shape index (κ1) is 12.0. The minimum Gasteiger partial charge on any atom is -0.317 e. The monoisotopic (exact) mass is 198 g/mol. The number of rotatable bonds is 5. The van der Waals surface area contributed by atoms with Crippen molar-refractivity contribution >= 4 is 0 Å². The van der Waals surface area contributed by atoms with E-state index in [2.05, 4.69) is 31.4 Å². The highest BCUT2D eigenvalue weighted by Gasteiger charge is 2.21. The predicted molar refractivity (Wildman–Crippen MR) is 62.6 cm³/mol. The highest BCUT2D eigenvalue weighted by atomic mass is 15.0. The van der Waals surface area contributed by atoms with Crippen molar-refractivity contribution in [3.63, 3.8) is 0 Å². The van der Waals surface area contributed by atoms with Crippen LogP contribution in [0.15, 0.2) is 0 Å². The molecule has 0 aliphatic carbocycles. The van der Waals surface area contributed by atoms with Gasteiger partial charge in [-0.25, -0.2) is 0 Å². The fourth-order valence-corrected chi connectivity index (χ4v) is 1.98. The molecule has 1 rings (SSSR count). The van der Waals surface area contributed by atoms with E-state index in [4.69, 9.17) is 0 Å². The first-order chi connectivity index (χ1) is 6.70. The van der Waals surface area contributed by atoms with Gasteiger partial charge in [-0.2, -0.15) is 0 Å². The Labute approximate surface area is 88.8 Å². The van der Waals surface area contributed by atoms with Crippen molar-refractivity contribution in [2.45, 2.75) is 52.0 Å². The molecular weight excluding hydrogens is 172 g/mol. The average molecular weight is 198 g/mol. The topological polar surface area (TPSA) is 24.1 Å². The van der Waals surface area contributed by atoms with Gasteiger partial charge in [0.15, 0.2) is 0 Å². The minimum atomic E-state index is 0.366. The Balaban J connectivity index is 2.23. The Morgan fingerprint density at radius 2 is 1.79 bits per heavy atom. The molecule has 1 heterocycles. The second kappa shape index (κ2) is 5.72. The molecule has 2 nitrogen and oxygen atoms in total. The molecule has 0 unspecified atom stereocenters. The molecule has 2 heteroatoms. The maximum atomic E-state index is 3.74. The van der Waals surface area contributed by atoms with Gasteiger partial charge in [0.05, 0.1) is 0 Å². The summed E-state index contributed by atoms with van der Waals surface area (Å²) in [6.07, 6.45) is 5.15. The molecular formula is C12H26N2. The third kappa shape index (κ3) is 3.58. The highest BCUT2D eigenvalue weighted by Crippen LogP contribution is 2.16. The Hall–Kier alpha value is -0.0800. The molecule has 84 valence electrons. The van der Waals surface area contributed by atoms with Crippen LogP contribution in [0.5, 0.6) is 0 Å². The summed E-state index contributed by atoms with van der Waals surface area (Å²) in [5.74, 6) is 0.897. The summed E-state index contributed by atoms with van der Waals surface area (Å²) in [4.78, 5) is 0. The van der Waals surface area contributed by atoms with Gasteiger partial charge < -0.3 is 10.6 Å². The Morgan fingerprint density at radius 3 is 2.29 bits per heavy atom. The summed E-state index contributed by atoms with van der Waals surface area (Å²) < 4.78 is 0. The lowest BCUT2D eigenvalue weighted by atomic mass is 9.92. The fourth-order valence-electron chi connectivity index (χ4n) is 1.98. The Bertz CT molecular complexity index is 146. The van der Waals surface area contributed by atoms with Crippen LogP contribution in [-0.4, -0.2) is 25.2 Å². The van der Waals surface area contributed by atoms with Crippen LogP contribution in [0.25, 0.3) is 0 Å². The number of hydrogen-bond donors (Lipinski definition) is 2. The molecule has 0 aromatic carbocycles. The maximum Gasteiger partial charge on any atom is 0.0148 e. The normalized spacial score (nSPS) is 19.9. The van der Waals surface area contributed by atoms with Crippen LogP contribution in [0.2, 0.25) is 0 Å². The van der Waals surface area contributed by atoms with Gasteiger partial charge in [-0.05, 0) is 58.2 Å². The molecule has 0 saturated carbocycles. The Kier molecular flexibility index (Phi) is 4.90. The minimum absolute atomic E-state index is 0.366. The zero-order valence-electron chi connectivity index (χ0n) is 10.0. The quantitative estimate of drug-likeness (QED) is 0.707. The van der Waals surface area contributed by atoms with E-state index in [9.17, 15) is 0 Å². The van der Waals surface area contributed by atoms with Gasteiger partial charge >= 0.3 is 0 Å². The molecule has 2 N–H and O–H groups in total. The van der Waals surface area contributed by atoms with Gasteiger partial charge in [0.2, 0.25) is 0 Å². The third-order valence-corrected chi connectivity index (χ3v) is 3.84. The van der Waals surface area contributed by atoms with Crippen molar-refractivity contribution in [1.29, 1.82) is 0 Å². The van der Waals surface area contributed by atoms with Crippen molar-refractivity contribution < 1.29 is 0 Å². The second-order valence-corrected chi connectivity index (χ2v) is 4.84. The van der Waals surface area contributed by atoms with Crippen molar-refractivity contribution in [2.24, 2.45) is 5.92 Å². The smallest absolute Gasteiger partial charge is 0.0148 e. The number of hydrogen-bond acceptors (Lipinski definition) is 2. The summed E-state index contributed by atoms with van der Waals surface area (Å²) in [5, 5.41) is 7.15. The van der Waals surface area contributed by atoms with Gasteiger partial charge in [0.25, 0.3) is 0 Å². The lowest BCUT2D eigenvalue weighted by Crippen LogP contribution is -2.45. The van der Waals surface area contributed by atoms with E-state index in [1.807, 2.05) is 0 Å². The van der Waals surface area contributed by atoms with Gasteiger partial charge in [-0.15, -0.1) is 0 Å². The van der Waals surface area contributed by atoms with E-state index in [1.165, 1.54) is 45.3 Å². The molecule has 14 heavy (non-hydrogen) atoms. The van der Waals surface area contributed by atoms with Crippen LogP contribution in [0, 0.1) is 5.92 Å². The zero-order valence-corrected chi connectivity index (χ0v) is 10.0. The molecule has 0 radical (unpaired) electrons. The molecule has 0 atom stereocenters. The van der Waals surface area contributed by atoms with Gasteiger partial charge in [0.1, 0.15) is 0 Å². The van der Waals surface area contributed by atoms with Gasteiger partial charge in [-0.1, -0.05) is 13.8 Å². The highest BCUT2D eigenvalue weighted by molar-refractivity contribution is 4.82. The number of piperidine rings is 1. The van der Waals surface area contributed by atoms with Crippen LogP contribution in [0.4, 0.5) is 0 Å². The predicted octanol–water partition coefficient (Wildman–Crippen LogP) is 2.15. The summed E-state index contributed by atoms with van der Waals surface area (Å²) in [5.41, 5.74) is 0.366. The number of nitrogens with one attached hydrogen (secondary N) is 2. The fraction of sp³-hybridized carbons (Fsp3) is 1.00. The molecule has 0 aromatic heterocycles. The lowest BCUT2D eigenvalue weighted by molar-refractivity contribution is 0.275. The molecule has 0 bridgehead atoms. The molecule has 0 spiro atoms. The van der Waals surface area contributed by atoms with Crippen LogP contribution >= 0.6 is 0 Å². The van der Waals surface area contributed by atoms with Crippen molar-refractivity contribution in [3.05, 3.63) is 0 Å². The molecule has 1 aliphatic rings. The molecule has 1 aliphatic heterocycles. The average Bonchev–Trinajstić information content (AvgIpc) is 2.27. The van der Waals surface area contributed by atoms with E-state index in [1.54, 1.807) is 0 Å². The molecule has 1 saturated heterocycles.